The van der Waals surface area contributed by atoms with Crippen LogP contribution >= 0.6 is 0 Å². The van der Waals surface area contributed by atoms with Crippen LogP contribution in [0.3, 0.4) is 0 Å². The Morgan fingerprint density at radius 1 is 1.07 bits per heavy atom. The van der Waals surface area contributed by atoms with Gasteiger partial charge in [-0.15, -0.1) is 0 Å². The quantitative estimate of drug-likeness (QED) is 0.667. The monoisotopic (exact) mass is 390 g/mol. The molecule has 0 aromatic heterocycles. The SMILES string of the molecule is Cc1cc(C)cc(OCCNC(=O)CN(Cc2ccccc2)S(C)(=O)=O)c1. The standard InChI is InChI=1S/C20H26N2O4S/c1-16-11-17(2)13-19(12-16)26-10-9-21-20(23)15-22(27(3,24)25)14-18-7-5-4-6-8-18/h4-8,11-13H,9-10,14-15H2,1-3H3,(H,21,23). The number of nitrogens with zero attached hydrogens (tertiary/aromatic N) is 1. The molecule has 0 unspecified atom stereocenters. The van der Waals surface area contributed by atoms with Gasteiger partial charge in [-0.3, -0.25) is 4.79 Å². The third-order valence-corrected chi connectivity index (χ3v) is 5.08. The van der Waals surface area contributed by atoms with Crippen LogP contribution in [0.25, 0.3) is 0 Å². The van der Waals surface area contributed by atoms with Crippen molar-refractivity contribution >= 4 is 15.9 Å². The van der Waals surface area contributed by atoms with Gasteiger partial charge in [0.15, 0.2) is 0 Å². The molecule has 0 aliphatic rings. The first-order valence-corrected chi connectivity index (χ1v) is 10.6. The number of amides is 1. The first kappa shape index (κ1) is 20.9. The van der Waals surface area contributed by atoms with Crippen molar-refractivity contribution in [3.05, 3.63) is 65.2 Å². The maximum atomic E-state index is 12.1. The van der Waals surface area contributed by atoms with Crippen molar-refractivity contribution in [2.24, 2.45) is 0 Å². The molecule has 6 nitrogen and oxygen atoms in total. The van der Waals surface area contributed by atoms with E-state index in [-0.39, 0.29) is 19.0 Å². The fourth-order valence-corrected chi connectivity index (χ4v) is 3.40. The van der Waals surface area contributed by atoms with E-state index in [1.807, 2.05) is 56.3 Å². The van der Waals surface area contributed by atoms with Crippen molar-refractivity contribution in [3.8, 4) is 5.75 Å². The second-order valence-electron chi connectivity index (χ2n) is 6.54. The van der Waals surface area contributed by atoms with Crippen LogP contribution in [0.1, 0.15) is 16.7 Å². The van der Waals surface area contributed by atoms with Crippen molar-refractivity contribution in [1.29, 1.82) is 0 Å². The predicted octanol–water partition coefficient (Wildman–Crippen LogP) is 2.26. The van der Waals surface area contributed by atoms with E-state index in [9.17, 15) is 13.2 Å². The number of carbonyl (C=O) groups is 1. The Morgan fingerprint density at radius 3 is 2.30 bits per heavy atom. The van der Waals surface area contributed by atoms with E-state index < -0.39 is 10.0 Å². The van der Waals surface area contributed by atoms with Gasteiger partial charge in [-0.05, 0) is 42.7 Å². The van der Waals surface area contributed by atoms with Gasteiger partial charge in [-0.2, -0.15) is 4.31 Å². The van der Waals surface area contributed by atoms with Crippen molar-refractivity contribution in [2.45, 2.75) is 20.4 Å². The van der Waals surface area contributed by atoms with Crippen LogP contribution in [0.4, 0.5) is 0 Å². The molecule has 0 heterocycles. The highest BCUT2D eigenvalue weighted by atomic mass is 32.2. The first-order valence-electron chi connectivity index (χ1n) is 8.71. The van der Waals surface area contributed by atoms with Crippen LogP contribution in [0, 0.1) is 13.8 Å². The molecular formula is C20H26N2O4S. The highest BCUT2D eigenvalue weighted by molar-refractivity contribution is 7.88. The summed E-state index contributed by atoms with van der Waals surface area (Å²) in [4.78, 5) is 12.1. The molecule has 1 amide bonds. The van der Waals surface area contributed by atoms with Gasteiger partial charge in [0.25, 0.3) is 0 Å². The summed E-state index contributed by atoms with van der Waals surface area (Å²) in [6.07, 6.45) is 1.10. The summed E-state index contributed by atoms with van der Waals surface area (Å²) in [6.45, 7) is 4.53. The van der Waals surface area contributed by atoms with Crippen molar-refractivity contribution in [2.75, 3.05) is 26.0 Å². The average Bonchev–Trinajstić information content (AvgIpc) is 2.57. The number of nitrogens with one attached hydrogen (secondary N) is 1. The lowest BCUT2D eigenvalue weighted by molar-refractivity contribution is -0.121. The van der Waals surface area contributed by atoms with Crippen molar-refractivity contribution in [1.82, 2.24) is 9.62 Å². The molecule has 2 rings (SSSR count). The second kappa shape index (κ2) is 9.53. The summed E-state index contributed by atoms with van der Waals surface area (Å²) in [5.41, 5.74) is 3.05. The molecule has 0 saturated carbocycles. The molecule has 0 aliphatic carbocycles. The minimum absolute atomic E-state index is 0.159. The Hall–Kier alpha value is -2.38. The molecule has 146 valence electrons. The highest BCUT2D eigenvalue weighted by Crippen LogP contribution is 2.15. The van der Waals surface area contributed by atoms with E-state index in [1.54, 1.807) is 0 Å². The van der Waals surface area contributed by atoms with Gasteiger partial charge in [0.05, 0.1) is 19.3 Å². The molecule has 0 bridgehead atoms. The number of hydrogen-bond donors (Lipinski definition) is 1. The molecule has 0 radical (unpaired) electrons. The Morgan fingerprint density at radius 2 is 1.70 bits per heavy atom. The van der Waals surface area contributed by atoms with Crippen LogP contribution in [-0.2, 0) is 21.4 Å². The summed E-state index contributed by atoms with van der Waals surface area (Å²) >= 11 is 0. The van der Waals surface area contributed by atoms with E-state index in [4.69, 9.17) is 4.74 Å². The van der Waals surface area contributed by atoms with Gasteiger partial charge in [0, 0.05) is 6.54 Å². The average molecular weight is 391 g/mol. The summed E-state index contributed by atoms with van der Waals surface area (Å²) in [5.74, 6) is 0.393. The maximum Gasteiger partial charge on any atom is 0.235 e. The number of ether oxygens (including phenoxy) is 1. The minimum Gasteiger partial charge on any atom is -0.492 e. The van der Waals surface area contributed by atoms with Crippen LogP contribution in [-0.4, -0.2) is 44.6 Å². The molecule has 0 saturated heterocycles. The molecule has 2 aromatic rings. The third-order valence-electron chi connectivity index (χ3n) is 3.88. The zero-order valence-corrected chi connectivity index (χ0v) is 16.8. The van der Waals surface area contributed by atoms with E-state index in [1.165, 1.54) is 0 Å². The molecule has 27 heavy (non-hydrogen) atoms. The molecule has 2 aromatic carbocycles. The van der Waals surface area contributed by atoms with Crippen LogP contribution in [0.5, 0.6) is 5.75 Å². The fourth-order valence-electron chi connectivity index (χ4n) is 2.67. The Bertz CT molecular complexity index is 847. The van der Waals surface area contributed by atoms with Gasteiger partial charge < -0.3 is 10.1 Å². The van der Waals surface area contributed by atoms with E-state index in [2.05, 4.69) is 11.4 Å². The van der Waals surface area contributed by atoms with Gasteiger partial charge in [0.2, 0.25) is 15.9 Å². The van der Waals surface area contributed by atoms with Gasteiger partial charge in [0.1, 0.15) is 12.4 Å². The van der Waals surface area contributed by atoms with Crippen LogP contribution in [0.2, 0.25) is 0 Å². The summed E-state index contributed by atoms with van der Waals surface area (Å²) in [5, 5.41) is 2.70. The van der Waals surface area contributed by atoms with E-state index in [0.29, 0.717) is 13.2 Å². The predicted molar refractivity (Wildman–Crippen MR) is 106 cm³/mol. The molecular weight excluding hydrogens is 364 g/mol. The minimum atomic E-state index is -3.50. The summed E-state index contributed by atoms with van der Waals surface area (Å²) < 4.78 is 30.7. The van der Waals surface area contributed by atoms with E-state index in [0.717, 1.165) is 33.0 Å². The van der Waals surface area contributed by atoms with Crippen molar-refractivity contribution in [3.63, 3.8) is 0 Å². The number of benzene rings is 2. The number of sulfonamides is 1. The van der Waals surface area contributed by atoms with Gasteiger partial charge in [-0.1, -0.05) is 36.4 Å². The molecule has 0 atom stereocenters. The largest absolute Gasteiger partial charge is 0.492 e. The Balaban J connectivity index is 1.83. The smallest absolute Gasteiger partial charge is 0.235 e. The third kappa shape index (κ3) is 7.40. The van der Waals surface area contributed by atoms with Crippen molar-refractivity contribution < 1.29 is 17.9 Å². The van der Waals surface area contributed by atoms with Gasteiger partial charge >= 0.3 is 0 Å². The van der Waals surface area contributed by atoms with E-state index >= 15 is 0 Å². The van der Waals surface area contributed by atoms with Gasteiger partial charge in [-0.25, -0.2) is 8.42 Å². The lowest BCUT2D eigenvalue weighted by Gasteiger charge is -2.19. The van der Waals surface area contributed by atoms with Crippen LogP contribution < -0.4 is 10.1 Å². The lowest BCUT2D eigenvalue weighted by atomic mass is 10.1. The second-order valence-corrected chi connectivity index (χ2v) is 8.52. The zero-order chi connectivity index (χ0) is 19.9. The highest BCUT2D eigenvalue weighted by Gasteiger charge is 2.20. The zero-order valence-electron chi connectivity index (χ0n) is 15.9. The summed E-state index contributed by atoms with van der Waals surface area (Å²) in [7, 11) is -3.50. The Labute approximate surface area is 161 Å². The normalized spacial score (nSPS) is 11.4. The molecule has 0 aliphatic heterocycles. The maximum absolute atomic E-state index is 12.1. The molecule has 7 heteroatoms. The molecule has 0 spiro atoms. The number of aryl methyl sites for hydroxylation is 2. The number of hydrogen-bond acceptors (Lipinski definition) is 4. The fraction of sp³-hybridized carbons (Fsp3) is 0.350. The summed E-state index contributed by atoms with van der Waals surface area (Å²) in [6, 6.07) is 15.1. The number of rotatable bonds is 9. The number of carbonyl (C=O) groups excluding carboxylic acids is 1. The Kier molecular flexibility index (Phi) is 7.38. The topological polar surface area (TPSA) is 75.7 Å². The first-order chi connectivity index (χ1) is 12.7. The lowest BCUT2D eigenvalue weighted by Crippen LogP contribution is -2.40. The van der Waals surface area contributed by atoms with Crippen LogP contribution in [0.15, 0.2) is 48.5 Å². The molecule has 1 N–H and O–H groups in total. The molecule has 0 fully saturated rings.